The molecule has 0 spiro atoms. The zero-order valence-corrected chi connectivity index (χ0v) is 8.13. The summed E-state index contributed by atoms with van der Waals surface area (Å²) in [6, 6.07) is 0. The molecule has 12 heavy (non-hydrogen) atoms. The molecule has 1 N–H and O–H groups in total. The van der Waals surface area contributed by atoms with Gasteiger partial charge >= 0.3 is 0 Å². The van der Waals surface area contributed by atoms with Gasteiger partial charge in [0, 0.05) is 6.42 Å². The lowest BCUT2D eigenvalue weighted by Gasteiger charge is -2.35. The summed E-state index contributed by atoms with van der Waals surface area (Å²) in [6.45, 7) is 6.33. The average Bonchev–Trinajstić information content (AvgIpc) is 2.60. The predicted molar refractivity (Wildman–Crippen MR) is 46.9 cm³/mol. The van der Waals surface area contributed by atoms with Crippen LogP contribution in [0.1, 0.15) is 40.0 Å². The minimum absolute atomic E-state index is 0.126. The fraction of sp³-hybridized carbons (Fsp3) is 1.00. The number of fused-ring (bicyclic) bond motifs is 1. The molecular formula is C10H18O2. The van der Waals surface area contributed by atoms with Crippen molar-refractivity contribution in [3.05, 3.63) is 0 Å². The van der Waals surface area contributed by atoms with Crippen molar-refractivity contribution in [2.45, 2.75) is 57.3 Å². The van der Waals surface area contributed by atoms with E-state index in [-0.39, 0.29) is 5.60 Å². The van der Waals surface area contributed by atoms with E-state index in [2.05, 4.69) is 20.8 Å². The van der Waals surface area contributed by atoms with Crippen LogP contribution in [0.25, 0.3) is 0 Å². The van der Waals surface area contributed by atoms with Gasteiger partial charge in [0.1, 0.15) is 0 Å². The molecule has 1 aliphatic heterocycles. The third-order valence-electron chi connectivity index (χ3n) is 3.70. The molecule has 0 radical (unpaired) electrons. The van der Waals surface area contributed by atoms with Crippen molar-refractivity contribution in [2.24, 2.45) is 5.92 Å². The van der Waals surface area contributed by atoms with Crippen molar-refractivity contribution in [2.75, 3.05) is 0 Å². The first kappa shape index (κ1) is 8.52. The average molecular weight is 170 g/mol. The standard InChI is InChI=1S/C10H18O2/c1-7(2)10(11)5-4-9(3)8(6-10)12-9/h7-8,11H,4-6H2,1-3H3/t8?,9?,10-/m1/s1. The second-order valence-electron chi connectivity index (χ2n) is 4.88. The van der Waals surface area contributed by atoms with Crippen LogP contribution in [0.15, 0.2) is 0 Å². The molecule has 2 heteroatoms. The van der Waals surface area contributed by atoms with Crippen molar-refractivity contribution in [3.8, 4) is 0 Å². The first-order chi connectivity index (χ1) is 5.46. The van der Waals surface area contributed by atoms with Gasteiger partial charge in [0.05, 0.1) is 17.3 Å². The minimum Gasteiger partial charge on any atom is -0.390 e. The Bertz CT molecular complexity index is 202. The van der Waals surface area contributed by atoms with E-state index in [9.17, 15) is 5.11 Å². The number of rotatable bonds is 1. The van der Waals surface area contributed by atoms with Gasteiger partial charge in [-0.2, -0.15) is 0 Å². The fourth-order valence-electron chi connectivity index (χ4n) is 2.18. The highest BCUT2D eigenvalue weighted by molar-refractivity contribution is 5.08. The highest BCUT2D eigenvalue weighted by atomic mass is 16.6. The van der Waals surface area contributed by atoms with Crippen LogP contribution in [-0.2, 0) is 4.74 Å². The lowest BCUT2D eigenvalue weighted by Crippen LogP contribution is -2.41. The van der Waals surface area contributed by atoms with E-state index in [1.165, 1.54) is 0 Å². The minimum atomic E-state index is -0.458. The van der Waals surface area contributed by atoms with E-state index in [0.717, 1.165) is 19.3 Å². The van der Waals surface area contributed by atoms with Crippen LogP contribution in [-0.4, -0.2) is 22.4 Å². The molecular weight excluding hydrogens is 152 g/mol. The van der Waals surface area contributed by atoms with Crippen LogP contribution in [0, 0.1) is 5.92 Å². The third kappa shape index (κ3) is 1.09. The van der Waals surface area contributed by atoms with Gasteiger partial charge in [-0.15, -0.1) is 0 Å². The first-order valence-electron chi connectivity index (χ1n) is 4.86. The Morgan fingerprint density at radius 2 is 2.08 bits per heavy atom. The zero-order chi connectivity index (χ0) is 8.98. The van der Waals surface area contributed by atoms with E-state index >= 15 is 0 Å². The maximum Gasteiger partial charge on any atom is 0.0922 e. The van der Waals surface area contributed by atoms with Crippen molar-refractivity contribution >= 4 is 0 Å². The van der Waals surface area contributed by atoms with E-state index in [4.69, 9.17) is 4.74 Å². The molecule has 3 atom stereocenters. The van der Waals surface area contributed by atoms with Crippen LogP contribution < -0.4 is 0 Å². The van der Waals surface area contributed by atoms with Gasteiger partial charge in [-0.3, -0.25) is 0 Å². The molecule has 0 aromatic heterocycles. The molecule has 0 amide bonds. The molecule has 2 nitrogen and oxygen atoms in total. The molecule has 2 fully saturated rings. The van der Waals surface area contributed by atoms with Gasteiger partial charge in [0.25, 0.3) is 0 Å². The molecule has 1 saturated carbocycles. The maximum atomic E-state index is 10.2. The largest absolute Gasteiger partial charge is 0.390 e. The van der Waals surface area contributed by atoms with Crippen LogP contribution in [0.4, 0.5) is 0 Å². The van der Waals surface area contributed by atoms with Crippen molar-refractivity contribution in [1.29, 1.82) is 0 Å². The lowest BCUT2D eigenvalue weighted by molar-refractivity contribution is -0.0349. The SMILES string of the molecule is CC(C)[C@@]1(O)CCC2(C)OC2C1. The summed E-state index contributed by atoms with van der Waals surface area (Å²) >= 11 is 0. The third-order valence-corrected chi connectivity index (χ3v) is 3.70. The van der Waals surface area contributed by atoms with E-state index in [0.29, 0.717) is 12.0 Å². The zero-order valence-electron chi connectivity index (χ0n) is 8.13. The van der Waals surface area contributed by atoms with Crippen LogP contribution in [0.2, 0.25) is 0 Å². The van der Waals surface area contributed by atoms with Gasteiger partial charge in [-0.25, -0.2) is 0 Å². The molecule has 2 unspecified atom stereocenters. The number of hydrogen-bond donors (Lipinski definition) is 1. The summed E-state index contributed by atoms with van der Waals surface area (Å²) in [5.41, 5.74) is -0.332. The highest BCUT2D eigenvalue weighted by Gasteiger charge is 2.59. The summed E-state index contributed by atoms with van der Waals surface area (Å²) in [5.74, 6) is 0.353. The number of ether oxygens (including phenoxy) is 1. The number of aliphatic hydroxyl groups is 1. The fourth-order valence-corrected chi connectivity index (χ4v) is 2.18. The van der Waals surface area contributed by atoms with Crippen LogP contribution >= 0.6 is 0 Å². The van der Waals surface area contributed by atoms with E-state index < -0.39 is 5.60 Å². The van der Waals surface area contributed by atoms with Crippen LogP contribution in [0.5, 0.6) is 0 Å². The number of hydrogen-bond acceptors (Lipinski definition) is 2. The maximum absolute atomic E-state index is 10.2. The van der Waals surface area contributed by atoms with Gasteiger partial charge in [-0.1, -0.05) is 13.8 Å². The molecule has 2 rings (SSSR count). The Hall–Kier alpha value is -0.0800. The molecule has 70 valence electrons. The Morgan fingerprint density at radius 1 is 1.42 bits per heavy atom. The summed E-state index contributed by atoms with van der Waals surface area (Å²) in [4.78, 5) is 0. The Morgan fingerprint density at radius 3 is 2.58 bits per heavy atom. The Labute approximate surface area is 73.9 Å². The van der Waals surface area contributed by atoms with Gasteiger partial charge < -0.3 is 9.84 Å². The summed E-state index contributed by atoms with van der Waals surface area (Å²) in [5, 5.41) is 10.2. The highest BCUT2D eigenvalue weighted by Crippen LogP contribution is 2.52. The normalized spacial score (nSPS) is 52.2. The molecule has 1 heterocycles. The van der Waals surface area contributed by atoms with Crippen molar-refractivity contribution < 1.29 is 9.84 Å². The Balaban J connectivity index is 2.05. The number of epoxide rings is 1. The summed E-state index contributed by atoms with van der Waals surface area (Å²) in [7, 11) is 0. The Kier molecular flexibility index (Phi) is 1.59. The van der Waals surface area contributed by atoms with Crippen molar-refractivity contribution in [3.63, 3.8) is 0 Å². The van der Waals surface area contributed by atoms with E-state index in [1.807, 2.05) is 0 Å². The first-order valence-corrected chi connectivity index (χ1v) is 4.86. The molecule has 1 saturated heterocycles. The quantitative estimate of drug-likeness (QED) is 0.608. The van der Waals surface area contributed by atoms with E-state index in [1.54, 1.807) is 0 Å². The van der Waals surface area contributed by atoms with Gasteiger partial charge in [-0.05, 0) is 25.7 Å². The second-order valence-corrected chi connectivity index (χ2v) is 4.88. The van der Waals surface area contributed by atoms with Gasteiger partial charge in [0.2, 0.25) is 0 Å². The molecule has 1 aliphatic carbocycles. The molecule has 0 aromatic rings. The monoisotopic (exact) mass is 170 g/mol. The lowest BCUT2D eigenvalue weighted by atomic mass is 9.74. The van der Waals surface area contributed by atoms with Crippen LogP contribution in [0.3, 0.4) is 0 Å². The molecule has 0 bridgehead atoms. The molecule has 2 aliphatic rings. The molecule has 0 aromatic carbocycles. The van der Waals surface area contributed by atoms with Crippen molar-refractivity contribution in [1.82, 2.24) is 0 Å². The summed E-state index contributed by atoms with van der Waals surface area (Å²) in [6.07, 6.45) is 3.09. The second kappa shape index (κ2) is 2.24. The summed E-state index contributed by atoms with van der Waals surface area (Å²) < 4.78 is 5.55. The smallest absolute Gasteiger partial charge is 0.0922 e. The van der Waals surface area contributed by atoms with Gasteiger partial charge in [0.15, 0.2) is 0 Å². The predicted octanol–water partition coefficient (Wildman–Crippen LogP) is 1.71. The topological polar surface area (TPSA) is 32.8 Å².